The van der Waals surface area contributed by atoms with E-state index in [1.807, 2.05) is 27.0 Å². The van der Waals surface area contributed by atoms with Crippen molar-refractivity contribution in [2.24, 2.45) is 10.9 Å². The van der Waals surface area contributed by atoms with Crippen LogP contribution in [-0.2, 0) is 6.18 Å². The van der Waals surface area contributed by atoms with Gasteiger partial charge >= 0.3 is 6.18 Å². The van der Waals surface area contributed by atoms with Crippen molar-refractivity contribution < 1.29 is 22.4 Å². The SMILES string of the molecule is CC(C)(C)N/C(CN1CCC(CNC(=O)c2cc(F)cc(C(F)(F)F)c2)CC1)=N\C#N. The van der Waals surface area contributed by atoms with Gasteiger partial charge in [-0.15, -0.1) is 0 Å². The molecule has 0 bridgehead atoms. The number of amides is 1. The van der Waals surface area contributed by atoms with E-state index in [4.69, 9.17) is 5.26 Å². The summed E-state index contributed by atoms with van der Waals surface area (Å²) < 4.78 is 52.0. The number of likely N-dealkylation sites (tertiary alicyclic amines) is 1. The average Bonchev–Trinajstić information content (AvgIpc) is 2.65. The summed E-state index contributed by atoms with van der Waals surface area (Å²) in [5, 5.41) is 14.7. The second kappa shape index (κ2) is 10.1. The first kappa shape index (κ1) is 24.6. The van der Waals surface area contributed by atoms with E-state index in [9.17, 15) is 22.4 Å². The van der Waals surface area contributed by atoms with Gasteiger partial charge in [-0.1, -0.05) is 0 Å². The summed E-state index contributed by atoms with van der Waals surface area (Å²) in [7, 11) is 0. The lowest BCUT2D eigenvalue weighted by molar-refractivity contribution is -0.137. The Morgan fingerprint density at radius 3 is 2.42 bits per heavy atom. The number of rotatable bonds is 5. The molecule has 0 saturated carbocycles. The maximum atomic E-state index is 13.5. The molecule has 0 spiro atoms. The summed E-state index contributed by atoms with van der Waals surface area (Å²) in [6.45, 7) is 8.20. The molecule has 1 aliphatic heterocycles. The standard InChI is InChI=1S/C21H27F4N5O/c1-20(2,3)29-18(28-13-26)12-30-6-4-14(5-7-30)11-27-19(31)15-8-16(21(23,24)25)10-17(22)9-15/h8-10,14H,4-7,11-12H2,1-3H3,(H,27,31)(H,28,29). The Balaban J connectivity index is 1.86. The van der Waals surface area contributed by atoms with Gasteiger partial charge in [0.15, 0.2) is 0 Å². The number of carbonyl (C=O) groups excluding carboxylic acids is 1. The normalized spacial score (nSPS) is 16.6. The third kappa shape index (κ3) is 8.17. The Labute approximate surface area is 179 Å². The van der Waals surface area contributed by atoms with Crippen LogP contribution in [-0.4, -0.2) is 48.4 Å². The highest BCUT2D eigenvalue weighted by Gasteiger charge is 2.32. The van der Waals surface area contributed by atoms with E-state index in [0.717, 1.165) is 32.0 Å². The summed E-state index contributed by atoms with van der Waals surface area (Å²) in [6, 6.07) is 1.82. The van der Waals surface area contributed by atoms with Gasteiger partial charge in [-0.25, -0.2) is 4.39 Å². The van der Waals surface area contributed by atoms with Gasteiger partial charge in [0.25, 0.3) is 5.91 Å². The topological polar surface area (TPSA) is 80.5 Å². The number of nitrogens with one attached hydrogen (secondary N) is 2. The molecule has 1 aliphatic rings. The highest BCUT2D eigenvalue weighted by molar-refractivity contribution is 5.94. The highest BCUT2D eigenvalue weighted by Crippen LogP contribution is 2.30. The monoisotopic (exact) mass is 441 g/mol. The Morgan fingerprint density at radius 2 is 1.87 bits per heavy atom. The summed E-state index contributed by atoms with van der Waals surface area (Å²) in [6.07, 6.45) is -1.37. The van der Waals surface area contributed by atoms with Crippen LogP contribution < -0.4 is 10.6 Å². The number of nitriles is 1. The minimum absolute atomic E-state index is 0.155. The molecule has 170 valence electrons. The Bertz CT molecular complexity index is 847. The van der Waals surface area contributed by atoms with Gasteiger partial charge in [-0.3, -0.25) is 9.69 Å². The fraction of sp³-hybridized carbons (Fsp3) is 0.571. The first-order valence-electron chi connectivity index (χ1n) is 9.99. The second-order valence-corrected chi connectivity index (χ2v) is 8.69. The Kier molecular flexibility index (Phi) is 8.01. The van der Waals surface area contributed by atoms with Gasteiger partial charge in [-0.2, -0.15) is 23.4 Å². The van der Waals surface area contributed by atoms with Crippen molar-refractivity contribution in [3.8, 4) is 6.19 Å². The van der Waals surface area contributed by atoms with Crippen LogP contribution in [0.25, 0.3) is 0 Å². The molecule has 0 unspecified atom stereocenters. The van der Waals surface area contributed by atoms with Crippen LogP contribution in [0.3, 0.4) is 0 Å². The van der Waals surface area contributed by atoms with Crippen molar-refractivity contribution in [3.63, 3.8) is 0 Å². The molecule has 2 rings (SSSR count). The van der Waals surface area contributed by atoms with E-state index < -0.39 is 23.5 Å². The number of hydrogen-bond donors (Lipinski definition) is 2. The van der Waals surface area contributed by atoms with Gasteiger partial charge in [0, 0.05) is 17.6 Å². The molecule has 1 aromatic carbocycles. The number of amidine groups is 1. The number of alkyl halides is 3. The molecule has 10 heteroatoms. The van der Waals surface area contributed by atoms with Crippen molar-refractivity contribution in [2.45, 2.75) is 45.3 Å². The molecule has 0 atom stereocenters. The van der Waals surface area contributed by atoms with Crippen molar-refractivity contribution in [1.82, 2.24) is 15.5 Å². The van der Waals surface area contributed by atoms with Crippen LogP contribution in [0.1, 0.15) is 49.5 Å². The zero-order valence-electron chi connectivity index (χ0n) is 17.8. The molecule has 6 nitrogen and oxygen atoms in total. The van der Waals surface area contributed by atoms with E-state index in [2.05, 4.69) is 20.5 Å². The van der Waals surface area contributed by atoms with Crippen LogP contribution >= 0.6 is 0 Å². The van der Waals surface area contributed by atoms with Crippen LogP contribution in [0.5, 0.6) is 0 Å². The van der Waals surface area contributed by atoms with Crippen LogP contribution in [0.4, 0.5) is 17.6 Å². The first-order chi connectivity index (χ1) is 14.4. The lowest BCUT2D eigenvalue weighted by Gasteiger charge is -2.33. The summed E-state index contributed by atoms with van der Waals surface area (Å²) >= 11 is 0. The number of hydrogen-bond acceptors (Lipinski definition) is 4. The Hall–Kier alpha value is -2.67. The maximum absolute atomic E-state index is 13.5. The predicted octanol–water partition coefficient (Wildman–Crippen LogP) is 3.55. The molecular weight excluding hydrogens is 414 g/mol. The fourth-order valence-corrected chi connectivity index (χ4v) is 3.38. The van der Waals surface area contributed by atoms with E-state index in [1.165, 1.54) is 0 Å². The predicted molar refractivity (Wildman–Crippen MR) is 109 cm³/mol. The molecule has 1 saturated heterocycles. The number of aliphatic imine (C=N–C) groups is 1. The summed E-state index contributed by atoms with van der Waals surface area (Å²) in [4.78, 5) is 18.2. The molecule has 0 aliphatic carbocycles. The number of halogens is 4. The quantitative estimate of drug-likeness (QED) is 0.317. The zero-order chi connectivity index (χ0) is 23.2. The molecule has 1 heterocycles. The van der Waals surface area contributed by atoms with E-state index in [-0.39, 0.29) is 17.0 Å². The van der Waals surface area contributed by atoms with Crippen molar-refractivity contribution >= 4 is 11.7 Å². The average molecular weight is 441 g/mol. The summed E-state index contributed by atoms with van der Waals surface area (Å²) in [5.41, 5.74) is -1.76. The van der Waals surface area contributed by atoms with Gasteiger partial charge in [0.2, 0.25) is 6.19 Å². The maximum Gasteiger partial charge on any atom is 0.416 e. The minimum Gasteiger partial charge on any atom is -0.367 e. The lowest BCUT2D eigenvalue weighted by atomic mass is 9.96. The van der Waals surface area contributed by atoms with Crippen LogP contribution in [0, 0.1) is 23.2 Å². The van der Waals surface area contributed by atoms with Gasteiger partial charge in [0.1, 0.15) is 11.7 Å². The molecule has 1 aromatic rings. The molecule has 31 heavy (non-hydrogen) atoms. The third-order valence-electron chi connectivity index (χ3n) is 4.82. The minimum atomic E-state index is -4.72. The number of benzene rings is 1. The van der Waals surface area contributed by atoms with E-state index in [0.29, 0.717) is 31.1 Å². The van der Waals surface area contributed by atoms with Crippen LogP contribution in [0.15, 0.2) is 23.2 Å². The van der Waals surface area contributed by atoms with Crippen molar-refractivity contribution in [1.29, 1.82) is 5.26 Å². The number of piperidine rings is 1. The van der Waals surface area contributed by atoms with Gasteiger partial charge in [-0.05, 0) is 70.8 Å². The largest absolute Gasteiger partial charge is 0.416 e. The second-order valence-electron chi connectivity index (χ2n) is 8.69. The summed E-state index contributed by atoms with van der Waals surface area (Å²) in [5.74, 6) is -1.09. The number of nitrogens with zero attached hydrogens (tertiary/aromatic N) is 3. The van der Waals surface area contributed by atoms with Gasteiger partial charge in [0.05, 0.1) is 12.1 Å². The smallest absolute Gasteiger partial charge is 0.367 e. The van der Waals surface area contributed by atoms with Gasteiger partial charge < -0.3 is 10.6 Å². The van der Waals surface area contributed by atoms with E-state index >= 15 is 0 Å². The molecule has 1 fully saturated rings. The molecule has 0 aromatic heterocycles. The number of carbonyl (C=O) groups is 1. The third-order valence-corrected chi connectivity index (χ3v) is 4.82. The van der Waals surface area contributed by atoms with Crippen LogP contribution in [0.2, 0.25) is 0 Å². The van der Waals surface area contributed by atoms with Crippen molar-refractivity contribution in [2.75, 3.05) is 26.2 Å². The fourth-order valence-electron chi connectivity index (χ4n) is 3.38. The molecule has 0 radical (unpaired) electrons. The van der Waals surface area contributed by atoms with E-state index in [1.54, 1.807) is 0 Å². The zero-order valence-corrected chi connectivity index (χ0v) is 17.8. The van der Waals surface area contributed by atoms with Crippen molar-refractivity contribution in [3.05, 3.63) is 35.1 Å². The Morgan fingerprint density at radius 1 is 1.23 bits per heavy atom. The molecule has 1 amide bonds. The highest BCUT2D eigenvalue weighted by atomic mass is 19.4. The molecular formula is C21H27F4N5O. The molecule has 2 N–H and O–H groups in total. The first-order valence-corrected chi connectivity index (χ1v) is 9.99. The lowest BCUT2D eigenvalue weighted by Crippen LogP contribution is -2.48.